The van der Waals surface area contributed by atoms with Gasteiger partial charge in [0.2, 0.25) is 6.41 Å². The fraction of sp³-hybridized carbons (Fsp3) is 0.400. The van der Waals surface area contributed by atoms with Crippen molar-refractivity contribution in [3.63, 3.8) is 0 Å². The standard InChI is InChI=1S/C8H16N4OS.C7H6F2/c1-8(2,11-6-13)7(12-9)5-10-3-4-14;1-5-2-6(8)4-7(9)3-5/h5-6,14H,3-4,9H2,1-2H3,(H,11,13);2-4H,1H3/b10-5?,12-7+;. The average molecular weight is 344 g/mol. The number of rotatable bonds is 6. The van der Waals surface area contributed by atoms with E-state index >= 15 is 0 Å². The summed E-state index contributed by atoms with van der Waals surface area (Å²) in [6, 6.07) is 3.42. The second kappa shape index (κ2) is 10.7. The highest BCUT2D eigenvalue weighted by Crippen LogP contribution is 2.05. The van der Waals surface area contributed by atoms with Crippen molar-refractivity contribution in [3.8, 4) is 0 Å². The Bertz CT molecular complexity index is 512. The van der Waals surface area contributed by atoms with Gasteiger partial charge in [0.15, 0.2) is 0 Å². The Morgan fingerprint density at radius 3 is 2.30 bits per heavy atom. The van der Waals surface area contributed by atoms with Crippen molar-refractivity contribution in [2.75, 3.05) is 12.3 Å². The number of hydrogen-bond acceptors (Lipinski definition) is 5. The highest BCUT2D eigenvalue weighted by atomic mass is 32.1. The molecule has 128 valence electrons. The first-order valence-electron chi connectivity index (χ1n) is 6.80. The number of nitrogens with two attached hydrogens (primary N) is 1. The monoisotopic (exact) mass is 344 g/mol. The smallest absolute Gasteiger partial charge is 0.207 e. The molecule has 0 atom stereocenters. The molecule has 1 rings (SSSR count). The van der Waals surface area contributed by atoms with E-state index in [1.165, 1.54) is 12.1 Å². The zero-order valence-electron chi connectivity index (χ0n) is 13.4. The maximum atomic E-state index is 12.2. The molecule has 8 heteroatoms. The topological polar surface area (TPSA) is 79.8 Å². The molecule has 1 aromatic carbocycles. The van der Waals surface area contributed by atoms with Gasteiger partial charge in [0.1, 0.15) is 17.3 Å². The molecule has 0 aromatic heterocycles. The van der Waals surface area contributed by atoms with Gasteiger partial charge in [0, 0.05) is 24.6 Å². The zero-order valence-corrected chi connectivity index (χ0v) is 14.3. The van der Waals surface area contributed by atoms with Crippen LogP contribution in [0.25, 0.3) is 0 Å². The van der Waals surface area contributed by atoms with E-state index in [2.05, 4.69) is 28.0 Å². The predicted molar refractivity (Wildman–Crippen MR) is 93.2 cm³/mol. The van der Waals surface area contributed by atoms with Crippen LogP contribution >= 0.6 is 12.6 Å². The van der Waals surface area contributed by atoms with Gasteiger partial charge in [-0.2, -0.15) is 17.7 Å². The molecule has 0 bridgehead atoms. The largest absolute Gasteiger partial charge is 0.348 e. The van der Waals surface area contributed by atoms with Crippen molar-refractivity contribution in [2.24, 2.45) is 15.9 Å². The Kier molecular flexibility index (Phi) is 9.80. The Hall–Kier alpha value is -1.96. The van der Waals surface area contributed by atoms with Crippen LogP contribution in [-0.2, 0) is 4.79 Å². The van der Waals surface area contributed by atoms with Crippen LogP contribution in [0.4, 0.5) is 8.78 Å². The first-order chi connectivity index (χ1) is 10.8. The number of hydrogen-bond donors (Lipinski definition) is 3. The van der Waals surface area contributed by atoms with E-state index in [1.54, 1.807) is 27.0 Å². The number of aliphatic imine (C=N–C) groups is 1. The number of carbonyl (C=O) groups excluding carboxylic acids is 1. The Balaban J connectivity index is 0.000000459. The number of aryl methyl sites for hydroxylation is 1. The summed E-state index contributed by atoms with van der Waals surface area (Å²) in [7, 11) is 0. The molecule has 0 unspecified atom stereocenters. The summed E-state index contributed by atoms with van der Waals surface area (Å²) >= 11 is 4.01. The molecule has 1 aromatic rings. The molecule has 1 amide bonds. The fourth-order valence-electron chi connectivity index (χ4n) is 1.48. The zero-order chi connectivity index (χ0) is 17.9. The summed E-state index contributed by atoms with van der Waals surface area (Å²) < 4.78 is 24.4. The first kappa shape index (κ1) is 21.0. The van der Waals surface area contributed by atoms with Gasteiger partial charge >= 0.3 is 0 Å². The number of carbonyl (C=O) groups is 1. The Labute approximate surface area is 140 Å². The van der Waals surface area contributed by atoms with Crippen LogP contribution in [0.3, 0.4) is 0 Å². The number of nitrogens with one attached hydrogen (secondary N) is 1. The van der Waals surface area contributed by atoms with Crippen LogP contribution in [0.2, 0.25) is 0 Å². The van der Waals surface area contributed by atoms with Gasteiger partial charge in [-0.05, 0) is 38.5 Å². The minimum Gasteiger partial charge on any atom is -0.348 e. The van der Waals surface area contributed by atoms with Gasteiger partial charge < -0.3 is 11.2 Å². The Morgan fingerprint density at radius 1 is 1.35 bits per heavy atom. The van der Waals surface area contributed by atoms with Gasteiger partial charge in [-0.3, -0.25) is 9.79 Å². The van der Waals surface area contributed by atoms with Gasteiger partial charge in [-0.25, -0.2) is 8.78 Å². The molecule has 0 aliphatic carbocycles. The third-order valence-corrected chi connectivity index (χ3v) is 2.85. The minimum atomic E-state index is -0.601. The summed E-state index contributed by atoms with van der Waals surface area (Å²) in [4.78, 5) is 14.3. The van der Waals surface area contributed by atoms with Crippen molar-refractivity contribution in [1.29, 1.82) is 0 Å². The SMILES string of the molecule is CC(C)(NC=O)/C(C=NCCS)=N/N.Cc1cc(F)cc(F)c1. The molecule has 3 N–H and O–H groups in total. The van der Waals surface area contributed by atoms with Crippen LogP contribution < -0.4 is 11.2 Å². The molecule has 5 nitrogen and oxygen atoms in total. The normalized spacial score (nSPS) is 11.8. The van der Waals surface area contributed by atoms with Crippen LogP contribution in [0.5, 0.6) is 0 Å². The molecule has 0 aliphatic heterocycles. The molecule has 0 aliphatic rings. The molecule has 23 heavy (non-hydrogen) atoms. The van der Waals surface area contributed by atoms with Crippen LogP contribution in [-0.4, -0.2) is 36.2 Å². The molecule has 0 spiro atoms. The molecule has 0 radical (unpaired) electrons. The van der Waals surface area contributed by atoms with Crippen molar-refractivity contribution in [2.45, 2.75) is 26.3 Å². The van der Waals surface area contributed by atoms with E-state index in [4.69, 9.17) is 5.84 Å². The minimum absolute atomic E-state index is 0.520. The first-order valence-corrected chi connectivity index (χ1v) is 7.43. The third-order valence-electron chi connectivity index (χ3n) is 2.65. The quantitative estimate of drug-likeness (QED) is 0.243. The summed E-state index contributed by atoms with van der Waals surface area (Å²) in [5.41, 5.74) is 0.523. The molecular weight excluding hydrogens is 322 g/mol. The van der Waals surface area contributed by atoms with E-state index in [9.17, 15) is 13.6 Å². The van der Waals surface area contributed by atoms with Gasteiger partial charge in [0.05, 0.1) is 5.54 Å². The third kappa shape index (κ3) is 8.92. The van der Waals surface area contributed by atoms with Crippen molar-refractivity contribution < 1.29 is 13.6 Å². The summed E-state index contributed by atoms with van der Waals surface area (Å²) in [6.07, 6.45) is 2.16. The van der Waals surface area contributed by atoms with Crippen LogP contribution in [0, 0.1) is 18.6 Å². The highest BCUT2D eigenvalue weighted by molar-refractivity contribution is 7.80. The lowest BCUT2D eigenvalue weighted by Gasteiger charge is -2.22. The lowest BCUT2D eigenvalue weighted by atomic mass is 9.99. The summed E-state index contributed by atoms with van der Waals surface area (Å²) in [5.74, 6) is 4.81. The van der Waals surface area contributed by atoms with Crippen LogP contribution in [0.15, 0.2) is 28.3 Å². The molecule has 0 heterocycles. The second-order valence-corrected chi connectivity index (χ2v) is 5.55. The van der Waals surface area contributed by atoms with Crippen molar-refractivity contribution in [1.82, 2.24) is 5.32 Å². The molecular formula is C15H22F2N4OS. The molecule has 0 saturated carbocycles. The maximum absolute atomic E-state index is 12.2. The van der Waals surface area contributed by atoms with Gasteiger partial charge in [0.25, 0.3) is 0 Å². The number of halogens is 2. The maximum Gasteiger partial charge on any atom is 0.207 e. The number of nitrogens with zero attached hydrogens (tertiary/aromatic N) is 2. The van der Waals surface area contributed by atoms with Crippen molar-refractivity contribution in [3.05, 3.63) is 35.4 Å². The highest BCUT2D eigenvalue weighted by Gasteiger charge is 2.22. The van der Waals surface area contributed by atoms with Crippen molar-refractivity contribution >= 4 is 31.0 Å². The number of amides is 1. The lowest BCUT2D eigenvalue weighted by molar-refractivity contribution is -0.110. The van der Waals surface area contributed by atoms with E-state index in [-0.39, 0.29) is 0 Å². The fourth-order valence-corrected chi connectivity index (χ4v) is 1.59. The molecule has 0 saturated heterocycles. The van der Waals surface area contributed by atoms with E-state index in [0.717, 1.165) is 6.07 Å². The van der Waals surface area contributed by atoms with Gasteiger partial charge in [-0.15, -0.1) is 0 Å². The summed E-state index contributed by atoms with van der Waals surface area (Å²) in [5, 5.41) is 6.17. The number of hydrazone groups is 1. The number of benzene rings is 1. The predicted octanol–water partition coefficient (Wildman–Crippen LogP) is 2.10. The lowest BCUT2D eigenvalue weighted by Crippen LogP contribution is -2.47. The van der Waals surface area contributed by atoms with E-state index in [0.29, 0.717) is 30.0 Å². The molecule has 0 fully saturated rings. The summed E-state index contributed by atoms with van der Waals surface area (Å²) in [6.45, 7) is 5.82. The number of thiol groups is 1. The van der Waals surface area contributed by atoms with E-state index < -0.39 is 17.2 Å². The Morgan fingerprint density at radius 2 is 1.91 bits per heavy atom. The van der Waals surface area contributed by atoms with Crippen LogP contribution in [0.1, 0.15) is 19.4 Å². The second-order valence-electron chi connectivity index (χ2n) is 5.11. The average Bonchev–Trinajstić information content (AvgIpc) is 2.42. The van der Waals surface area contributed by atoms with E-state index in [1.807, 2.05) is 0 Å². The van der Waals surface area contributed by atoms with Gasteiger partial charge in [-0.1, -0.05) is 0 Å².